The second-order valence-corrected chi connectivity index (χ2v) is 6.00. The van der Waals surface area contributed by atoms with Gasteiger partial charge in [-0.3, -0.25) is 9.59 Å². The van der Waals surface area contributed by atoms with Crippen LogP contribution in [0.1, 0.15) is 38.5 Å². The maximum absolute atomic E-state index is 13.1. The van der Waals surface area contributed by atoms with E-state index in [1.807, 2.05) is 0 Å². The van der Waals surface area contributed by atoms with Gasteiger partial charge in [0.25, 0.3) is 0 Å². The molecule has 0 unspecified atom stereocenters. The van der Waals surface area contributed by atoms with E-state index >= 15 is 0 Å². The third-order valence-electron chi connectivity index (χ3n) is 4.39. The van der Waals surface area contributed by atoms with Crippen LogP contribution in [0.4, 0.5) is 10.1 Å². The number of carbonyl (C=O) groups excluding carboxylic acids is 2. The van der Waals surface area contributed by atoms with Gasteiger partial charge >= 0.3 is 0 Å². The molecule has 0 atom stereocenters. The lowest BCUT2D eigenvalue weighted by atomic mass is 10.0. The van der Waals surface area contributed by atoms with Gasteiger partial charge in [-0.05, 0) is 43.9 Å². The highest BCUT2D eigenvalue weighted by Gasteiger charge is 2.56. The van der Waals surface area contributed by atoms with Gasteiger partial charge in [-0.2, -0.15) is 0 Å². The van der Waals surface area contributed by atoms with Crippen molar-refractivity contribution in [1.82, 2.24) is 5.32 Å². The van der Waals surface area contributed by atoms with Crippen molar-refractivity contribution in [2.24, 2.45) is 5.41 Å². The third kappa shape index (κ3) is 2.91. The summed E-state index contributed by atoms with van der Waals surface area (Å²) in [4.78, 5) is 24.7. The van der Waals surface area contributed by atoms with Crippen molar-refractivity contribution in [2.45, 2.75) is 44.6 Å². The Morgan fingerprint density at radius 2 is 1.86 bits per heavy atom. The molecule has 0 spiro atoms. The first-order valence-corrected chi connectivity index (χ1v) is 7.48. The number of amides is 2. The molecule has 112 valence electrons. The fourth-order valence-electron chi connectivity index (χ4n) is 2.89. The first-order valence-electron chi connectivity index (χ1n) is 7.48. The van der Waals surface area contributed by atoms with Crippen LogP contribution in [0.15, 0.2) is 24.3 Å². The molecule has 2 aliphatic carbocycles. The highest BCUT2D eigenvalue weighted by molar-refractivity contribution is 6.13. The quantitative estimate of drug-likeness (QED) is 0.837. The van der Waals surface area contributed by atoms with Gasteiger partial charge in [-0.1, -0.05) is 18.9 Å². The summed E-state index contributed by atoms with van der Waals surface area (Å²) in [5.74, 6) is -0.917. The van der Waals surface area contributed by atoms with Gasteiger partial charge < -0.3 is 10.6 Å². The van der Waals surface area contributed by atoms with Gasteiger partial charge in [0, 0.05) is 11.7 Å². The van der Waals surface area contributed by atoms with Crippen LogP contribution in [0.5, 0.6) is 0 Å². The molecule has 21 heavy (non-hydrogen) atoms. The summed E-state index contributed by atoms with van der Waals surface area (Å²) in [6, 6.07) is 5.92. The highest BCUT2D eigenvalue weighted by Crippen LogP contribution is 2.47. The Morgan fingerprint density at radius 1 is 1.14 bits per heavy atom. The van der Waals surface area contributed by atoms with E-state index in [9.17, 15) is 14.0 Å². The lowest BCUT2D eigenvalue weighted by Crippen LogP contribution is -2.43. The Bertz CT molecular complexity index is 563. The minimum atomic E-state index is -0.949. The minimum absolute atomic E-state index is 0.177. The van der Waals surface area contributed by atoms with Crippen LogP contribution in [0.3, 0.4) is 0 Å². The van der Waals surface area contributed by atoms with Crippen molar-refractivity contribution in [2.75, 3.05) is 5.32 Å². The van der Waals surface area contributed by atoms with E-state index in [0.29, 0.717) is 18.5 Å². The van der Waals surface area contributed by atoms with Crippen LogP contribution in [-0.4, -0.2) is 17.9 Å². The molecule has 3 rings (SSSR count). The number of halogens is 1. The van der Waals surface area contributed by atoms with Gasteiger partial charge in [0.2, 0.25) is 11.8 Å². The first-order chi connectivity index (χ1) is 10.1. The van der Waals surface area contributed by atoms with Gasteiger partial charge in [0.15, 0.2) is 0 Å². The lowest BCUT2D eigenvalue weighted by Gasteiger charge is -2.18. The molecule has 1 aromatic rings. The Hall–Kier alpha value is -1.91. The molecule has 2 fully saturated rings. The molecule has 2 aliphatic rings. The summed E-state index contributed by atoms with van der Waals surface area (Å²) in [5, 5.41) is 5.64. The number of anilines is 1. The maximum atomic E-state index is 13.1. The molecule has 2 saturated carbocycles. The molecule has 5 heteroatoms. The molecule has 0 heterocycles. The zero-order chi connectivity index (χ0) is 14.9. The molecule has 0 saturated heterocycles. The number of carbonyl (C=O) groups is 2. The number of benzene rings is 1. The second-order valence-electron chi connectivity index (χ2n) is 6.00. The number of rotatable bonds is 4. The van der Waals surface area contributed by atoms with Gasteiger partial charge in [0.1, 0.15) is 11.2 Å². The smallest absolute Gasteiger partial charge is 0.240 e. The van der Waals surface area contributed by atoms with Crippen LogP contribution < -0.4 is 10.6 Å². The van der Waals surface area contributed by atoms with Crippen LogP contribution >= 0.6 is 0 Å². The number of hydrogen-bond donors (Lipinski definition) is 2. The normalized spacial score (nSPS) is 20.0. The minimum Gasteiger partial charge on any atom is -0.352 e. The molecule has 1 aromatic carbocycles. The summed E-state index contributed by atoms with van der Waals surface area (Å²) in [6.07, 6.45) is 5.38. The Morgan fingerprint density at radius 3 is 2.48 bits per heavy atom. The van der Waals surface area contributed by atoms with Crippen molar-refractivity contribution in [3.8, 4) is 0 Å². The summed E-state index contributed by atoms with van der Waals surface area (Å²) in [6.45, 7) is 0. The SMILES string of the molecule is O=C(Nc1cccc(F)c1)C1(C(=O)NC2CCCC2)CC1. The average molecular weight is 290 g/mol. The molecule has 2 amide bonds. The summed E-state index contributed by atoms with van der Waals surface area (Å²) < 4.78 is 13.1. The van der Waals surface area contributed by atoms with Gasteiger partial charge in [-0.25, -0.2) is 4.39 Å². The Balaban J connectivity index is 1.64. The molecule has 2 N–H and O–H groups in total. The van der Waals surface area contributed by atoms with Crippen LogP contribution in [0.25, 0.3) is 0 Å². The molecular weight excluding hydrogens is 271 g/mol. The van der Waals surface area contributed by atoms with Crippen molar-refractivity contribution >= 4 is 17.5 Å². The van der Waals surface area contributed by atoms with Crippen molar-refractivity contribution in [3.05, 3.63) is 30.1 Å². The van der Waals surface area contributed by atoms with E-state index < -0.39 is 11.2 Å². The predicted octanol–water partition coefficient (Wildman–Crippen LogP) is 2.60. The maximum Gasteiger partial charge on any atom is 0.240 e. The summed E-state index contributed by atoms with van der Waals surface area (Å²) in [5.41, 5.74) is -0.561. The van der Waals surface area contributed by atoms with E-state index in [-0.39, 0.29) is 17.9 Å². The van der Waals surface area contributed by atoms with Crippen molar-refractivity contribution < 1.29 is 14.0 Å². The molecule has 0 aliphatic heterocycles. The van der Waals surface area contributed by atoms with E-state index in [2.05, 4.69) is 10.6 Å². The fourth-order valence-corrected chi connectivity index (χ4v) is 2.89. The largest absolute Gasteiger partial charge is 0.352 e. The van der Waals surface area contributed by atoms with Crippen molar-refractivity contribution in [1.29, 1.82) is 0 Å². The zero-order valence-electron chi connectivity index (χ0n) is 11.8. The van der Waals surface area contributed by atoms with Gasteiger partial charge in [-0.15, -0.1) is 0 Å². The van der Waals surface area contributed by atoms with E-state index in [1.165, 1.54) is 18.2 Å². The number of nitrogens with one attached hydrogen (secondary N) is 2. The highest BCUT2D eigenvalue weighted by atomic mass is 19.1. The zero-order valence-corrected chi connectivity index (χ0v) is 11.8. The monoisotopic (exact) mass is 290 g/mol. The Labute approximate surface area is 123 Å². The van der Waals surface area contributed by atoms with E-state index in [4.69, 9.17) is 0 Å². The Kier molecular flexibility index (Phi) is 3.66. The lowest BCUT2D eigenvalue weighted by molar-refractivity contribution is -0.134. The van der Waals surface area contributed by atoms with Gasteiger partial charge in [0.05, 0.1) is 0 Å². The summed E-state index contributed by atoms with van der Waals surface area (Å²) >= 11 is 0. The number of hydrogen-bond acceptors (Lipinski definition) is 2. The third-order valence-corrected chi connectivity index (χ3v) is 4.39. The standard InChI is InChI=1S/C16H19FN2O2/c17-11-4-3-7-13(10-11)19-15(21)16(8-9-16)14(20)18-12-5-1-2-6-12/h3-4,7,10,12H,1-2,5-6,8-9H2,(H,18,20)(H,19,21). The summed E-state index contributed by atoms with van der Waals surface area (Å²) in [7, 11) is 0. The molecule has 0 radical (unpaired) electrons. The molecule has 0 aromatic heterocycles. The van der Waals surface area contributed by atoms with Crippen LogP contribution in [0.2, 0.25) is 0 Å². The average Bonchev–Trinajstić information content (AvgIpc) is 3.12. The first kappa shape index (κ1) is 14.0. The van der Waals surface area contributed by atoms with Crippen molar-refractivity contribution in [3.63, 3.8) is 0 Å². The molecule has 0 bridgehead atoms. The molecule has 4 nitrogen and oxygen atoms in total. The fraction of sp³-hybridized carbons (Fsp3) is 0.500. The van der Waals surface area contributed by atoms with Crippen LogP contribution in [0, 0.1) is 11.2 Å². The van der Waals surface area contributed by atoms with E-state index in [1.54, 1.807) is 6.07 Å². The predicted molar refractivity (Wildman–Crippen MR) is 77.1 cm³/mol. The second kappa shape index (κ2) is 5.47. The topological polar surface area (TPSA) is 58.2 Å². The molecular formula is C16H19FN2O2. The van der Waals surface area contributed by atoms with E-state index in [0.717, 1.165) is 25.7 Å². The van der Waals surface area contributed by atoms with Crippen LogP contribution in [-0.2, 0) is 9.59 Å².